The summed E-state index contributed by atoms with van der Waals surface area (Å²) in [5, 5.41) is 5.95. The molecule has 140 valence electrons. The van der Waals surface area contributed by atoms with Gasteiger partial charge in [0, 0.05) is 11.7 Å². The van der Waals surface area contributed by atoms with Gasteiger partial charge in [-0.1, -0.05) is 26.0 Å². The van der Waals surface area contributed by atoms with E-state index in [0.29, 0.717) is 12.5 Å². The van der Waals surface area contributed by atoms with E-state index >= 15 is 0 Å². The second-order valence-electron chi connectivity index (χ2n) is 7.55. The minimum Gasteiger partial charge on any atom is -0.349 e. The molecule has 0 heterocycles. The van der Waals surface area contributed by atoms with Gasteiger partial charge in [-0.2, -0.15) is 0 Å². The molecule has 0 aliphatic heterocycles. The molecular formula is C20H34N3O2+. The largest absolute Gasteiger partial charge is 0.349 e. The van der Waals surface area contributed by atoms with Crippen molar-refractivity contribution in [2.45, 2.75) is 53.5 Å². The zero-order chi connectivity index (χ0) is 19.0. The lowest BCUT2D eigenvalue weighted by molar-refractivity contribution is -0.862. The number of anilines is 1. The summed E-state index contributed by atoms with van der Waals surface area (Å²) in [5.74, 6) is 0.557. The fourth-order valence-electron chi connectivity index (χ4n) is 2.67. The van der Waals surface area contributed by atoms with Crippen molar-refractivity contribution in [3.63, 3.8) is 0 Å². The molecule has 0 bridgehead atoms. The molecule has 0 radical (unpaired) electrons. The maximum Gasteiger partial charge on any atom is 0.279 e. The number of carbonyl (C=O) groups excluding carboxylic acids is 2. The molecule has 25 heavy (non-hydrogen) atoms. The van der Waals surface area contributed by atoms with Crippen molar-refractivity contribution in [2.75, 3.05) is 25.5 Å². The molecular weight excluding hydrogens is 314 g/mol. The summed E-state index contributed by atoms with van der Waals surface area (Å²) < 4.78 is 0. The van der Waals surface area contributed by atoms with Gasteiger partial charge in [-0.25, -0.2) is 0 Å². The highest BCUT2D eigenvalue weighted by Gasteiger charge is 2.16. The lowest BCUT2D eigenvalue weighted by Crippen LogP contribution is -3.11. The van der Waals surface area contributed by atoms with E-state index in [4.69, 9.17) is 0 Å². The number of quaternary nitrogens is 1. The van der Waals surface area contributed by atoms with Crippen LogP contribution in [0.3, 0.4) is 0 Å². The molecule has 1 rings (SSSR count). The summed E-state index contributed by atoms with van der Waals surface area (Å²) >= 11 is 0. The van der Waals surface area contributed by atoms with Crippen molar-refractivity contribution in [1.82, 2.24) is 5.32 Å². The van der Waals surface area contributed by atoms with Crippen LogP contribution in [0.5, 0.6) is 0 Å². The SMILES string of the molecule is Cc1cccc(NC(=O)C[NH+](C)CC(=O)N[C@H](C)CCC(C)C)c1C. The average molecular weight is 349 g/mol. The van der Waals surface area contributed by atoms with Crippen LogP contribution in [0.1, 0.15) is 44.7 Å². The van der Waals surface area contributed by atoms with Crippen LogP contribution < -0.4 is 15.5 Å². The van der Waals surface area contributed by atoms with Crippen LogP contribution in [-0.2, 0) is 9.59 Å². The predicted octanol–water partition coefficient (Wildman–Crippen LogP) is 1.70. The van der Waals surface area contributed by atoms with E-state index in [0.717, 1.165) is 34.6 Å². The normalized spacial score (nSPS) is 13.4. The van der Waals surface area contributed by atoms with Gasteiger partial charge in [0.1, 0.15) is 0 Å². The molecule has 0 aliphatic carbocycles. The van der Waals surface area contributed by atoms with E-state index in [1.807, 2.05) is 46.0 Å². The Morgan fingerprint density at radius 2 is 1.68 bits per heavy atom. The van der Waals surface area contributed by atoms with Crippen LogP contribution in [0, 0.1) is 19.8 Å². The second-order valence-corrected chi connectivity index (χ2v) is 7.55. The van der Waals surface area contributed by atoms with Crippen molar-refractivity contribution in [1.29, 1.82) is 0 Å². The highest BCUT2D eigenvalue weighted by Crippen LogP contribution is 2.17. The van der Waals surface area contributed by atoms with Crippen LogP contribution >= 0.6 is 0 Å². The highest BCUT2D eigenvalue weighted by atomic mass is 16.2. The molecule has 2 amide bonds. The number of benzene rings is 1. The molecule has 0 spiro atoms. The number of likely N-dealkylation sites (N-methyl/N-ethyl adjacent to an activating group) is 1. The first-order valence-electron chi connectivity index (χ1n) is 9.15. The van der Waals surface area contributed by atoms with Crippen molar-refractivity contribution in [3.8, 4) is 0 Å². The van der Waals surface area contributed by atoms with Crippen LogP contribution in [0.25, 0.3) is 0 Å². The summed E-state index contributed by atoms with van der Waals surface area (Å²) in [6, 6.07) is 6.03. The van der Waals surface area contributed by atoms with Crippen molar-refractivity contribution in [2.24, 2.45) is 5.92 Å². The Morgan fingerprint density at radius 3 is 2.32 bits per heavy atom. The quantitative estimate of drug-likeness (QED) is 0.636. The minimum atomic E-state index is -0.0770. The second kappa shape index (κ2) is 10.2. The maximum atomic E-state index is 12.2. The predicted molar refractivity (Wildman–Crippen MR) is 103 cm³/mol. The number of nitrogens with one attached hydrogen (secondary N) is 3. The van der Waals surface area contributed by atoms with Gasteiger partial charge in [0.25, 0.3) is 11.8 Å². The van der Waals surface area contributed by atoms with E-state index < -0.39 is 0 Å². The third kappa shape index (κ3) is 8.16. The molecule has 1 aromatic rings. The topological polar surface area (TPSA) is 62.6 Å². The lowest BCUT2D eigenvalue weighted by atomic mass is 10.0. The Hall–Kier alpha value is -1.88. The summed E-state index contributed by atoms with van der Waals surface area (Å²) in [6.07, 6.45) is 2.08. The van der Waals surface area contributed by atoms with E-state index in [1.165, 1.54) is 0 Å². The van der Waals surface area contributed by atoms with Gasteiger partial charge in [0.2, 0.25) is 0 Å². The van der Waals surface area contributed by atoms with Crippen molar-refractivity contribution >= 4 is 17.5 Å². The van der Waals surface area contributed by atoms with Gasteiger partial charge in [0.15, 0.2) is 13.1 Å². The number of carbonyl (C=O) groups is 2. The van der Waals surface area contributed by atoms with Crippen LogP contribution in [0.2, 0.25) is 0 Å². The molecule has 1 unspecified atom stereocenters. The molecule has 0 saturated heterocycles. The Labute approximate surface area is 152 Å². The fourth-order valence-corrected chi connectivity index (χ4v) is 2.67. The third-order valence-electron chi connectivity index (χ3n) is 4.39. The van der Waals surface area contributed by atoms with Gasteiger partial charge < -0.3 is 15.5 Å². The van der Waals surface area contributed by atoms with Crippen LogP contribution in [0.4, 0.5) is 5.69 Å². The standard InChI is InChI=1S/C20H33N3O2/c1-14(2)10-11-16(4)21-19(24)12-23(6)13-20(25)22-18-9-7-8-15(3)17(18)5/h7-9,14,16H,10-13H2,1-6H3,(H,21,24)(H,22,25)/p+1/t16-/m1/s1. The van der Waals surface area contributed by atoms with Crippen LogP contribution in [0.15, 0.2) is 18.2 Å². The molecule has 0 aromatic heterocycles. The molecule has 1 aromatic carbocycles. The Morgan fingerprint density at radius 1 is 1.04 bits per heavy atom. The highest BCUT2D eigenvalue weighted by molar-refractivity contribution is 5.92. The zero-order valence-corrected chi connectivity index (χ0v) is 16.5. The first-order chi connectivity index (χ1) is 11.7. The summed E-state index contributed by atoms with van der Waals surface area (Å²) in [4.78, 5) is 25.2. The Kier molecular flexibility index (Phi) is 8.62. The summed E-state index contributed by atoms with van der Waals surface area (Å²) in [5.41, 5.74) is 3.06. The number of hydrogen-bond donors (Lipinski definition) is 3. The first kappa shape index (κ1) is 21.2. The van der Waals surface area contributed by atoms with Crippen molar-refractivity contribution in [3.05, 3.63) is 29.3 Å². The molecule has 0 aliphatic rings. The van der Waals surface area contributed by atoms with Gasteiger partial charge in [-0.05, 0) is 56.7 Å². The zero-order valence-electron chi connectivity index (χ0n) is 16.5. The van der Waals surface area contributed by atoms with E-state index in [2.05, 4.69) is 24.5 Å². The van der Waals surface area contributed by atoms with Gasteiger partial charge in [0.05, 0.1) is 7.05 Å². The molecule has 3 N–H and O–H groups in total. The number of hydrogen-bond acceptors (Lipinski definition) is 2. The Balaban J connectivity index is 2.40. The molecule has 0 saturated carbocycles. The monoisotopic (exact) mass is 348 g/mol. The number of rotatable bonds is 9. The van der Waals surface area contributed by atoms with E-state index in [-0.39, 0.29) is 24.4 Å². The average Bonchev–Trinajstić information content (AvgIpc) is 2.49. The summed E-state index contributed by atoms with van der Waals surface area (Å²) in [6.45, 7) is 11.0. The van der Waals surface area contributed by atoms with Crippen LogP contribution in [-0.4, -0.2) is 38.0 Å². The van der Waals surface area contributed by atoms with Gasteiger partial charge in [-0.3, -0.25) is 9.59 Å². The fraction of sp³-hybridized carbons (Fsp3) is 0.600. The first-order valence-corrected chi connectivity index (χ1v) is 9.15. The third-order valence-corrected chi connectivity index (χ3v) is 4.39. The molecule has 2 atom stereocenters. The van der Waals surface area contributed by atoms with Gasteiger partial charge >= 0.3 is 0 Å². The molecule has 5 nitrogen and oxygen atoms in total. The molecule has 0 fully saturated rings. The van der Waals surface area contributed by atoms with E-state index in [1.54, 1.807) is 0 Å². The minimum absolute atomic E-state index is 0.00621. The van der Waals surface area contributed by atoms with E-state index in [9.17, 15) is 9.59 Å². The number of amides is 2. The van der Waals surface area contributed by atoms with Crippen molar-refractivity contribution < 1.29 is 14.5 Å². The smallest absolute Gasteiger partial charge is 0.279 e. The Bertz CT molecular complexity index is 584. The summed E-state index contributed by atoms with van der Waals surface area (Å²) in [7, 11) is 1.86. The number of aryl methyl sites for hydroxylation is 1. The maximum absolute atomic E-state index is 12.2. The molecule has 5 heteroatoms. The lowest BCUT2D eigenvalue weighted by Gasteiger charge is -2.18. The van der Waals surface area contributed by atoms with Gasteiger partial charge in [-0.15, -0.1) is 0 Å².